The van der Waals surface area contributed by atoms with E-state index in [0.29, 0.717) is 26.2 Å². The van der Waals surface area contributed by atoms with E-state index >= 15 is 0 Å². The molecule has 0 amide bonds. The van der Waals surface area contributed by atoms with Gasteiger partial charge >= 0.3 is 8.80 Å². The number of ether oxygens (including phenoxy) is 6. The molecular weight excluding hydrogens is 414 g/mol. The van der Waals surface area contributed by atoms with Crippen molar-refractivity contribution in [1.29, 1.82) is 0 Å². The molecule has 0 aliphatic carbocycles. The van der Waals surface area contributed by atoms with E-state index in [1.165, 1.54) is 21.3 Å². The summed E-state index contributed by atoms with van der Waals surface area (Å²) in [5.74, 6) is -4.40. The van der Waals surface area contributed by atoms with Gasteiger partial charge in [-0.1, -0.05) is 6.92 Å². The number of nitrogens with one attached hydrogen (secondary N) is 1. The Balaban J connectivity index is 6.59. The minimum absolute atomic E-state index is 0.338. The highest BCUT2D eigenvalue weighted by Gasteiger charge is 2.61. The molecule has 0 aromatic heterocycles. The second kappa shape index (κ2) is 13.4. The van der Waals surface area contributed by atoms with Crippen LogP contribution < -0.4 is 5.32 Å². The SMILES string of the molecule is CCOC(C)(OC)O[Si](OC(C)(OC)OCC)(OC(C)(OC)OCC)C(CC)NC. The highest BCUT2D eigenvalue weighted by atomic mass is 28.4. The summed E-state index contributed by atoms with van der Waals surface area (Å²) >= 11 is 0. The molecule has 4 unspecified atom stereocenters. The van der Waals surface area contributed by atoms with Crippen molar-refractivity contribution in [1.82, 2.24) is 5.32 Å². The van der Waals surface area contributed by atoms with Gasteiger partial charge in [-0.05, 0) is 34.2 Å². The summed E-state index contributed by atoms with van der Waals surface area (Å²) in [6, 6.07) is 0. The summed E-state index contributed by atoms with van der Waals surface area (Å²) in [6.07, 6.45) is 0.590. The zero-order chi connectivity index (χ0) is 23.5. The fraction of sp³-hybridized carbons (Fsp3) is 1.00. The first kappa shape index (κ1) is 29.8. The van der Waals surface area contributed by atoms with E-state index in [0.717, 1.165) is 0 Å². The van der Waals surface area contributed by atoms with Crippen LogP contribution in [0.2, 0.25) is 0 Å². The third-order valence-corrected chi connectivity index (χ3v) is 8.01. The summed E-state index contributed by atoms with van der Waals surface area (Å²) in [5, 5.41) is 3.21. The van der Waals surface area contributed by atoms with Crippen LogP contribution in [0.15, 0.2) is 0 Å². The smallest absolute Gasteiger partial charge is 0.332 e. The Morgan fingerprint density at radius 1 is 0.667 bits per heavy atom. The van der Waals surface area contributed by atoms with Gasteiger partial charge in [0.15, 0.2) is 0 Å². The van der Waals surface area contributed by atoms with Crippen LogP contribution in [0.1, 0.15) is 54.9 Å². The van der Waals surface area contributed by atoms with Crippen LogP contribution in [0.3, 0.4) is 0 Å². The molecule has 182 valence electrons. The highest BCUT2D eigenvalue weighted by Crippen LogP contribution is 2.35. The second-order valence-corrected chi connectivity index (χ2v) is 9.17. The van der Waals surface area contributed by atoms with Gasteiger partial charge in [-0.3, -0.25) is 0 Å². The van der Waals surface area contributed by atoms with Gasteiger partial charge in [-0.15, -0.1) is 0 Å². The molecule has 0 fully saturated rings. The Bertz CT molecular complexity index is 416. The van der Waals surface area contributed by atoms with Crippen molar-refractivity contribution in [2.45, 2.75) is 78.5 Å². The third-order valence-electron chi connectivity index (χ3n) is 4.50. The molecule has 0 radical (unpaired) electrons. The van der Waals surface area contributed by atoms with Gasteiger partial charge < -0.3 is 47.0 Å². The Kier molecular flexibility index (Phi) is 13.3. The van der Waals surface area contributed by atoms with Gasteiger partial charge in [0.25, 0.3) is 17.9 Å². The fourth-order valence-corrected chi connectivity index (χ4v) is 6.24. The van der Waals surface area contributed by atoms with Gasteiger partial charge in [0.2, 0.25) is 0 Å². The van der Waals surface area contributed by atoms with Crippen LogP contribution in [-0.2, 0) is 41.7 Å². The quantitative estimate of drug-likeness (QED) is 0.244. The van der Waals surface area contributed by atoms with Crippen molar-refractivity contribution >= 4 is 8.80 Å². The average molecular weight is 458 g/mol. The number of hydrogen-bond donors (Lipinski definition) is 1. The summed E-state index contributed by atoms with van der Waals surface area (Å²) < 4.78 is 53.0. The predicted molar refractivity (Wildman–Crippen MR) is 113 cm³/mol. The molecule has 0 heterocycles. The molecular formula is C19H43NO9Si. The first-order valence-electron chi connectivity index (χ1n) is 10.4. The Labute approximate surface area is 183 Å². The topological polar surface area (TPSA) is 95.1 Å². The van der Waals surface area contributed by atoms with Gasteiger partial charge in [-0.25, -0.2) is 0 Å². The molecule has 0 aliphatic rings. The van der Waals surface area contributed by atoms with Crippen molar-refractivity contribution in [2.75, 3.05) is 48.2 Å². The first-order valence-corrected chi connectivity index (χ1v) is 12.2. The van der Waals surface area contributed by atoms with Gasteiger partial charge in [-0.2, -0.15) is 0 Å². The van der Waals surface area contributed by atoms with Crippen molar-refractivity contribution in [2.24, 2.45) is 0 Å². The minimum atomic E-state index is -3.87. The van der Waals surface area contributed by atoms with Gasteiger partial charge in [0.1, 0.15) is 0 Å². The fourth-order valence-electron chi connectivity index (χ4n) is 2.86. The van der Waals surface area contributed by atoms with E-state index in [2.05, 4.69) is 5.32 Å². The largest absolute Gasteiger partial charge is 0.530 e. The molecule has 0 aromatic carbocycles. The number of methoxy groups -OCH3 is 3. The van der Waals surface area contributed by atoms with Gasteiger partial charge in [0.05, 0.1) is 5.67 Å². The highest BCUT2D eigenvalue weighted by molar-refractivity contribution is 6.62. The van der Waals surface area contributed by atoms with Crippen LogP contribution in [0, 0.1) is 0 Å². The molecule has 0 bridgehead atoms. The number of rotatable bonds is 18. The summed E-state index contributed by atoms with van der Waals surface area (Å²) in [4.78, 5) is 0. The van der Waals surface area contributed by atoms with Crippen LogP contribution in [0.25, 0.3) is 0 Å². The molecule has 0 rings (SSSR count). The first-order chi connectivity index (χ1) is 14.0. The monoisotopic (exact) mass is 457 g/mol. The molecule has 0 spiro atoms. The standard InChI is InChI=1S/C19H43NO9Si/c1-12-16(20-8)30(27-17(5,21-9)24-13-2,28-18(6,22-10)25-14-3)29-19(7,23-11)26-15-4/h16,20H,12-15H2,1-11H3. The van der Waals surface area contributed by atoms with E-state index in [1.54, 1.807) is 27.8 Å². The summed E-state index contributed by atoms with van der Waals surface area (Å²) in [7, 11) is 2.35. The molecule has 11 heteroatoms. The summed E-state index contributed by atoms with van der Waals surface area (Å²) in [5.41, 5.74) is -0.405. The summed E-state index contributed by atoms with van der Waals surface area (Å²) in [6.45, 7) is 13.4. The van der Waals surface area contributed by atoms with Gasteiger partial charge in [0, 0.05) is 61.9 Å². The average Bonchev–Trinajstić information content (AvgIpc) is 2.69. The molecule has 0 saturated carbocycles. The lowest BCUT2D eigenvalue weighted by Gasteiger charge is -2.47. The predicted octanol–water partition coefficient (Wildman–Crippen LogP) is 2.58. The maximum absolute atomic E-state index is 6.41. The molecule has 0 saturated heterocycles. The lowest BCUT2D eigenvalue weighted by atomic mass is 10.5. The minimum Gasteiger partial charge on any atom is -0.332 e. The second-order valence-electron chi connectivity index (χ2n) is 6.66. The third kappa shape index (κ3) is 8.39. The maximum atomic E-state index is 6.41. The van der Waals surface area contributed by atoms with Crippen LogP contribution in [-0.4, -0.2) is 80.6 Å². The number of hydrogen-bond acceptors (Lipinski definition) is 10. The van der Waals surface area contributed by atoms with E-state index in [-0.39, 0.29) is 0 Å². The Morgan fingerprint density at radius 3 is 1.13 bits per heavy atom. The Hall–Kier alpha value is -0.183. The van der Waals surface area contributed by atoms with Crippen molar-refractivity contribution in [3.63, 3.8) is 0 Å². The maximum Gasteiger partial charge on any atom is 0.530 e. The molecule has 1 N–H and O–H groups in total. The molecule has 0 aromatic rings. The van der Waals surface area contributed by atoms with Crippen molar-refractivity contribution < 1.29 is 41.7 Å². The zero-order valence-electron chi connectivity index (χ0n) is 20.6. The molecule has 4 atom stereocenters. The normalized spacial score (nSPS) is 21.3. The van der Waals surface area contributed by atoms with Crippen LogP contribution >= 0.6 is 0 Å². The van der Waals surface area contributed by atoms with Crippen LogP contribution in [0.5, 0.6) is 0 Å². The molecule has 0 aliphatic heterocycles. The van der Waals surface area contributed by atoms with Crippen LogP contribution in [0.4, 0.5) is 0 Å². The van der Waals surface area contributed by atoms with Crippen molar-refractivity contribution in [3.8, 4) is 0 Å². The lowest BCUT2D eigenvalue weighted by Crippen LogP contribution is -2.70. The van der Waals surface area contributed by atoms with E-state index < -0.39 is 32.4 Å². The van der Waals surface area contributed by atoms with E-state index in [9.17, 15) is 0 Å². The molecule has 10 nitrogen and oxygen atoms in total. The lowest BCUT2D eigenvalue weighted by molar-refractivity contribution is -0.396. The van der Waals surface area contributed by atoms with E-state index in [4.69, 9.17) is 41.7 Å². The van der Waals surface area contributed by atoms with Crippen molar-refractivity contribution in [3.05, 3.63) is 0 Å². The van der Waals surface area contributed by atoms with E-state index in [1.807, 2.05) is 27.7 Å². The Morgan fingerprint density at radius 2 is 0.967 bits per heavy atom. The zero-order valence-corrected chi connectivity index (χ0v) is 21.6. The molecule has 30 heavy (non-hydrogen) atoms.